The van der Waals surface area contributed by atoms with Crippen molar-refractivity contribution >= 4 is 5.97 Å². The largest absolute Gasteiger partial charge is 0.428 e. The standard InChI is InChI=1S/C8H12O2/c1-5-7(4)10-8(9)6(2)3/h5H,2H2,1,3-4H3/b7-5-. The molecule has 0 rings (SSSR count). The van der Waals surface area contributed by atoms with Gasteiger partial charge in [-0.3, -0.25) is 0 Å². The van der Waals surface area contributed by atoms with Gasteiger partial charge in [-0.2, -0.15) is 0 Å². The highest BCUT2D eigenvalue weighted by atomic mass is 16.5. The van der Waals surface area contributed by atoms with Gasteiger partial charge in [0.05, 0.1) is 0 Å². The first-order valence-corrected chi connectivity index (χ1v) is 3.08. The van der Waals surface area contributed by atoms with E-state index in [1.165, 1.54) is 0 Å². The lowest BCUT2D eigenvalue weighted by Crippen LogP contribution is -2.02. The second-order valence-electron chi connectivity index (χ2n) is 2.07. The Morgan fingerprint density at radius 2 is 2.00 bits per heavy atom. The van der Waals surface area contributed by atoms with E-state index in [4.69, 9.17) is 4.74 Å². The molecule has 0 aliphatic rings. The van der Waals surface area contributed by atoms with Gasteiger partial charge in [0.1, 0.15) is 5.76 Å². The van der Waals surface area contributed by atoms with Gasteiger partial charge in [-0.1, -0.05) is 6.58 Å². The summed E-state index contributed by atoms with van der Waals surface area (Å²) in [5.41, 5.74) is 0.418. The molecule has 0 saturated heterocycles. The molecule has 0 aromatic heterocycles. The highest BCUT2D eigenvalue weighted by Gasteiger charge is 2.02. The van der Waals surface area contributed by atoms with E-state index >= 15 is 0 Å². The van der Waals surface area contributed by atoms with Crippen LogP contribution in [0.5, 0.6) is 0 Å². The van der Waals surface area contributed by atoms with E-state index in [-0.39, 0.29) is 5.97 Å². The summed E-state index contributed by atoms with van der Waals surface area (Å²) >= 11 is 0. The number of ether oxygens (including phenoxy) is 1. The molecule has 10 heavy (non-hydrogen) atoms. The summed E-state index contributed by atoms with van der Waals surface area (Å²) in [6, 6.07) is 0. The second kappa shape index (κ2) is 3.88. The highest BCUT2D eigenvalue weighted by Crippen LogP contribution is 1.99. The number of esters is 1. The third-order valence-corrected chi connectivity index (χ3v) is 1.01. The predicted molar refractivity (Wildman–Crippen MR) is 40.3 cm³/mol. The molecule has 0 bridgehead atoms. The maximum Gasteiger partial charge on any atom is 0.338 e. The van der Waals surface area contributed by atoms with E-state index < -0.39 is 0 Å². The van der Waals surface area contributed by atoms with Crippen LogP contribution in [-0.4, -0.2) is 5.97 Å². The van der Waals surface area contributed by atoms with Gasteiger partial charge in [0, 0.05) is 5.57 Å². The van der Waals surface area contributed by atoms with Crippen molar-refractivity contribution in [1.29, 1.82) is 0 Å². The predicted octanol–water partition coefficient (Wildman–Crippen LogP) is 2.03. The Morgan fingerprint density at radius 1 is 1.50 bits per heavy atom. The zero-order valence-corrected chi connectivity index (χ0v) is 6.60. The SMILES string of the molecule is C=C(C)C(=O)O/C(C)=C\C. The molecule has 0 aromatic carbocycles. The Bertz CT molecular complexity index is 178. The third-order valence-electron chi connectivity index (χ3n) is 1.01. The van der Waals surface area contributed by atoms with Crippen molar-refractivity contribution in [3.8, 4) is 0 Å². The van der Waals surface area contributed by atoms with Crippen LogP contribution in [0.25, 0.3) is 0 Å². The lowest BCUT2D eigenvalue weighted by Gasteiger charge is -2.01. The summed E-state index contributed by atoms with van der Waals surface area (Å²) in [5, 5.41) is 0. The van der Waals surface area contributed by atoms with Gasteiger partial charge in [-0.15, -0.1) is 0 Å². The van der Waals surface area contributed by atoms with Crippen molar-refractivity contribution < 1.29 is 9.53 Å². The Morgan fingerprint density at radius 3 is 2.30 bits per heavy atom. The van der Waals surface area contributed by atoms with Crippen LogP contribution in [0.1, 0.15) is 20.8 Å². The molecule has 0 unspecified atom stereocenters. The van der Waals surface area contributed by atoms with E-state index in [2.05, 4.69) is 6.58 Å². The fraction of sp³-hybridized carbons (Fsp3) is 0.375. The van der Waals surface area contributed by atoms with E-state index in [0.29, 0.717) is 11.3 Å². The topological polar surface area (TPSA) is 26.3 Å². The van der Waals surface area contributed by atoms with Gasteiger partial charge < -0.3 is 4.74 Å². The van der Waals surface area contributed by atoms with Crippen molar-refractivity contribution in [3.05, 3.63) is 24.0 Å². The van der Waals surface area contributed by atoms with Crippen LogP contribution < -0.4 is 0 Å². The second-order valence-corrected chi connectivity index (χ2v) is 2.07. The van der Waals surface area contributed by atoms with Crippen molar-refractivity contribution in [3.63, 3.8) is 0 Å². The van der Waals surface area contributed by atoms with Crippen molar-refractivity contribution in [2.45, 2.75) is 20.8 Å². The van der Waals surface area contributed by atoms with Gasteiger partial charge in [0.25, 0.3) is 0 Å². The minimum Gasteiger partial charge on any atom is -0.428 e. The molecule has 0 radical (unpaired) electrons. The summed E-state index contributed by atoms with van der Waals surface area (Å²) in [4.78, 5) is 10.7. The molecule has 0 aromatic rings. The molecule has 0 amide bonds. The Labute approximate surface area is 61.2 Å². The molecule has 0 aliphatic carbocycles. The fourth-order valence-electron chi connectivity index (χ4n) is 0.292. The van der Waals surface area contributed by atoms with Crippen LogP contribution in [0.4, 0.5) is 0 Å². The molecule has 0 saturated carbocycles. The average Bonchev–Trinajstić information content (AvgIpc) is 1.87. The van der Waals surface area contributed by atoms with Crippen LogP contribution in [0, 0.1) is 0 Å². The lowest BCUT2D eigenvalue weighted by molar-refractivity contribution is -0.134. The first-order valence-electron chi connectivity index (χ1n) is 3.08. The summed E-state index contributed by atoms with van der Waals surface area (Å²) in [6.07, 6.45) is 1.72. The molecule has 0 atom stereocenters. The first kappa shape index (κ1) is 8.95. The Hall–Kier alpha value is -1.05. The molecule has 2 nitrogen and oxygen atoms in total. The quantitative estimate of drug-likeness (QED) is 0.333. The smallest absolute Gasteiger partial charge is 0.338 e. The first-order chi connectivity index (χ1) is 4.57. The van der Waals surface area contributed by atoms with E-state index in [9.17, 15) is 4.79 Å². The minimum absolute atomic E-state index is 0.365. The van der Waals surface area contributed by atoms with Crippen molar-refractivity contribution in [2.75, 3.05) is 0 Å². The van der Waals surface area contributed by atoms with E-state index in [0.717, 1.165) is 0 Å². The van der Waals surface area contributed by atoms with Gasteiger partial charge in [0.2, 0.25) is 0 Å². The number of rotatable bonds is 2. The van der Waals surface area contributed by atoms with E-state index in [1.54, 1.807) is 26.8 Å². The fourth-order valence-corrected chi connectivity index (χ4v) is 0.292. The van der Waals surface area contributed by atoms with Gasteiger partial charge >= 0.3 is 5.97 Å². The van der Waals surface area contributed by atoms with Crippen molar-refractivity contribution in [2.24, 2.45) is 0 Å². The average molecular weight is 140 g/mol. The maximum atomic E-state index is 10.7. The molecule has 0 fully saturated rings. The third kappa shape index (κ3) is 3.07. The number of carbonyl (C=O) groups is 1. The number of carbonyl (C=O) groups excluding carboxylic acids is 1. The number of hydrogen-bond acceptors (Lipinski definition) is 2. The number of hydrogen-bond donors (Lipinski definition) is 0. The molecular formula is C8H12O2. The Balaban J connectivity index is 3.93. The van der Waals surface area contributed by atoms with Crippen LogP contribution in [-0.2, 0) is 9.53 Å². The van der Waals surface area contributed by atoms with Crippen molar-refractivity contribution in [1.82, 2.24) is 0 Å². The lowest BCUT2D eigenvalue weighted by atomic mass is 10.4. The monoisotopic (exact) mass is 140 g/mol. The molecule has 56 valence electrons. The Kier molecular flexibility index (Phi) is 3.47. The number of allylic oxidation sites excluding steroid dienone is 2. The minimum atomic E-state index is -0.365. The van der Waals surface area contributed by atoms with E-state index in [1.807, 2.05) is 0 Å². The summed E-state index contributed by atoms with van der Waals surface area (Å²) in [6.45, 7) is 8.59. The van der Waals surface area contributed by atoms with Crippen LogP contribution in [0.2, 0.25) is 0 Å². The summed E-state index contributed by atoms with van der Waals surface area (Å²) in [7, 11) is 0. The van der Waals surface area contributed by atoms with Gasteiger partial charge in [-0.05, 0) is 26.8 Å². The normalized spacial score (nSPS) is 10.9. The van der Waals surface area contributed by atoms with Gasteiger partial charge in [-0.25, -0.2) is 4.79 Å². The molecular weight excluding hydrogens is 128 g/mol. The zero-order chi connectivity index (χ0) is 8.15. The zero-order valence-electron chi connectivity index (χ0n) is 6.60. The summed E-state index contributed by atoms with van der Waals surface area (Å²) < 4.78 is 4.78. The van der Waals surface area contributed by atoms with Crippen LogP contribution in [0.3, 0.4) is 0 Å². The van der Waals surface area contributed by atoms with Crippen LogP contribution >= 0.6 is 0 Å². The maximum absolute atomic E-state index is 10.7. The molecule has 0 heterocycles. The summed E-state index contributed by atoms with van der Waals surface area (Å²) in [5.74, 6) is 0.239. The van der Waals surface area contributed by atoms with Crippen LogP contribution in [0.15, 0.2) is 24.0 Å². The molecule has 0 aliphatic heterocycles. The molecule has 0 spiro atoms. The molecule has 2 heteroatoms. The highest BCUT2D eigenvalue weighted by molar-refractivity contribution is 5.87. The molecule has 0 N–H and O–H groups in total. The van der Waals surface area contributed by atoms with Gasteiger partial charge in [0.15, 0.2) is 0 Å².